The molecule has 0 radical (unpaired) electrons. The van der Waals surface area contributed by atoms with Crippen molar-refractivity contribution in [1.82, 2.24) is 15.5 Å². The molecule has 0 saturated carbocycles. The number of nitrogens with one attached hydrogen (secondary N) is 1. The number of benzene rings is 2. The van der Waals surface area contributed by atoms with Crippen molar-refractivity contribution in [1.29, 1.82) is 0 Å². The molecular formula is C23H28N4O3. The number of hydrogen-bond donors (Lipinski definition) is 1. The molecule has 1 heterocycles. The molecule has 0 aliphatic carbocycles. The van der Waals surface area contributed by atoms with Crippen molar-refractivity contribution in [3.05, 3.63) is 75.7 Å². The summed E-state index contributed by atoms with van der Waals surface area (Å²) in [5.41, 5.74) is 3.26. The van der Waals surface area contributed by atoms with Crippen molar-refractivity contribution >= 4 is 5.69 Å². The molecule has 0 aliphatic heterocycles. The third-order valence-electron chi connectivity index (χ3n) is 5.41. The van der Waals surface area contributed by atoms with Crippen molar-refractivity contribution in [2.24, 2.45) is 5.92 Å². The first-order valence-electron chi connectivity index (χ1n) is 10.3. The predicted molar refractivity (Wildman–Crippen MR) is 116 cm³/mol. The van der Waals surface area contributed by atoms with Crippen LogP contribution in [-0.4, -0.2) is 15.1 Å². The van der Waals surface area contributed by atoms with E-state index < -0.39 is 4.92 Å². The maximum Gasteiger partial charge on any atom is 0.269 e. The average molecular weight is 409 g/mol. The molecule has 2 atom stereocenters. The SMILES string of the molecule is CCC(C)c1ccc(C(NCc2nnc(-c3ccc([N+](=O)[O-])cc3)o2)C(C)C)cc1. The highest BCUT2D eigenvalue weighted by atomic mass is 16.6. The Morgan fingerprint density at radius 1 is 1.00 bits per heavy atom. The topological polar surface area (TPSA) is 94.1 Å². The lowest BCUT2D eigenvalue weighted by atomic mass is 9.92. The molecule has 0 amide bonds. The summed E-state index contributed by atoms with van der Waals surface area (Å²) in [6.07, 6.45) is 1.12. The molecule has 0 fully saturated rings. The first-order chi connectivity index (χ1) is 14.4. The first-order valence-corrected chi connectivity index (χ1v) is 10.3. The molecule has 0 spiro atoms. The maximum atomic E-state index is 10.8. The Kier molecular flexibility index (Phi) is 6.95. The van der Waals surface area contributed by atoms with Crippen LogP contribution in [0, 0.1) is 16.0 Å². The standard InChI is InChI=1S/C23H28N4O3/c1-5-16(4)17-6-8-18(9-7-17)22(15(2)3)24-14-21-25-26-23(30-21)19-10-12-20(13-11-19)27(28)29/h6-13,15-16,22,24H,5,14H2,1-4H3. The van der Waals surface area contributed by atoms with E-state index >= 15 is 0 Å². The van der Waals surface area contributed by atoms with Crippen LogP contribution in [0.4, 0.5) is 5.69 Å². The number of non-ortho nitro benzene ring substituents is 1. The molecule has 1 aromatic heterocycles. The summed E-state index contributed by atoms with van der Waals surface area (Å²) in [7, 11) is 0. The quantitative estimate of drug-likeness (QED) is 0.363. The van der Waals surface area contributed by atoms with E-state index in [1.54, 1.807) is 12.1 Å². The third kappa shape index (κ3) is 5.10. The molecule has 0 bridgehead atoms. The minimum absolute atomic E-state index is 0.0271. The van der Waals surface area contributed by atoms with Gasteiger partial charge in [-0.05, 0) is 41.5 Å². The van der Waals surface area contributed by atoms with Crippen molar-refractivity contribution < 1.29 is 9.34 Å². The molecule has 3 aromatic rings. The lowest BCUT2D eigenvalue weighted by Gasteiger charge is -2.23. The molecule has 7 heteroatoms. The summed E-state index contributed by atoms with van der Waals surface area (Å²) in [6, 6.07) is 15.0. The largest absolute Gasteiger partial charge is 0.419 e. The van der Waals surface area contributed by atoms with E-state index in [0.717, 1.165) is 6.42 Å². The van der Waals surface area contributed by atoms with E-state index in [1.807, 2.05) is 0 Å². The van der Waals surface area contributed by atoms with Crippen LogP contribution in [0.2, 0.25) is 0 Å². The zero-order valence-electron chi connectivity index (χ0n) is 17.8. The highest BCUT2D eigenvalue weighted by Gasteiger charge is 2.18. The molecule has 2 aromatic carbocycles. The van der Waals surface area contributed by atoms with Gasteiger partial charge in [-0.1, -0.05) is 52.0 Å². The van der Waals surface area contributed by atoms with Gasteiger partial charge in [0.15, 0.2) is 0 Å². The Balaban J connectivity index is 1.67. The van der Waals surface area contributed by atoms with Crippen LogP contribution in [0.25, 0.3) is 11.5 Å². The number of nitro groups is 1. The summed E-state index contributed by atoms with van der Waals surface area (Å²) >= 11 is 0. The first kappa shape index (κ1) is 21.6. The Morgan fingerprint density at radius 2 is 1.63 bits per heavy atom. The Morgan fingerprint density at radius 3 is 2.20 bits per heavy atom. The van der Waals surface area contributed by atoms with Crippen LogP contribution in [0.3, 0.4) is 0 Å². The second-order valence-electron chi connectivity index (χ2n) is 7.88. The number of rotatable bonds is 9. The van der Waals surface area contributed by atoms with E-state index in [9.17, 15) is 10.1 Å². The average Bonchev–Trinajstić information content (AvgIpc) is 3.22. The fraction of sp³-hybridized carbons (Fsp3) is 0.391. The highest BCUT2D eigenvalue weighted by Crippen LogP contribution is 2.26. The second kappa shape index (κ2) is 9.63. The van der Waals surface area contributed by atoms with Gasteiger partial charge in [-0.15, -0.1) is 10.2 Å². The number of nitro benzene ring substituents is 1. The van der Waals surface area contributed by atoms with E-state index in [-0.39, 0.29) is 11.7 Å². The maximum absolute atomic E-state index is 10.8. The second-order valence-corrected chi connectivity index (χ2v) is 7.88. The molecule has 1 N–H and O–H groups in total. The van der Waals surface area contributed by atoms with Crippen LogP contribution >= 0.6 is 0 Å². The van der Waals surface area contributed by atoms with E-state index in [0.29, 0.717) is 35.7 Å². The monoisotopic (exact) mass is 408 g/mol. The van der Waals surface area contributed by atoms with Crippen LogP contribution < -0.4 is 5.32 Å². The summed E-state index contributed by atoms with van der Waals surface area (Å²) < 4.78 is 5.75. The summed E-state index contributed by atoms with van der Waals surface area (Å²) in [6.45, 7) is 9.24. The summed E-state index contributed by atoms with van der Waals surface area (Å²) in [4.78, 5) is 10.4. The van der Waals surface area contributed by atoms with Gasteiger partial charge >= 0.3 is 0 Å². The van der Waals surface area contributed by atoms with Gasteiger partial charge in [0, 0.05) is 23.7 Å². The molecule has 0 aliphatic rings. The van der Waals surface area contributed by atoms with Gasteiger partial charge in [-0.3, -0.25) is 10.1 Å². The van der Waals surface area contributed by atoms with Crippen LogP contribution in [0.15, 0.2) is 52.9 Å². The number of aromatic nitrogens is 2. The van der Waals surface area contributed by atoms with Crippen molar-refractivity contribution in [3.8, 4) is 11.5 Å². The molecule has 3 rings (SSSR count). The lowest BCUT2D eigenvalue weighted by Crippen LogP contribution is -2.25. The Labute approximate surface area is 176 Å². The lowest BCUT2D eigenvalue weighted by molar-refractivity contribution is -0.384. The smallest absolute Gasteiger partial charge is 0.269 e. The van der Waals surface area contributed by atoms with Gasteiger partial charge < -0.3 is 9.73 Å². The van der Waals surface area contributed by atoms with Gasteiger partial charge in [-0.25, -0.2) is 0 Å². The Hall–Kier alpha value is -3.06. The van der Waals surface area contributed by atoms with E-state index in [1.165, 1.54) is 23.3 Å². The normalized spacial score (nSPS) is 13.4. The van der Waals surface area contributed by atoms with Crippen LogP contribution in [0.1, 0.15) is 63.1 Å². The fourth-order valence-corrected chi connectivity index (χ4v) is 3.37. The van der Waals surface area contributed by atoms with Crippen molar-refractivity contribution in [2.45, 2.75) is 52.6 Å². The molecule has 158 valence electrons. The number of nitrogens with zero attached hydrogens (tertiary/aromatic N) is 3. The molecule has 0 saturated heterocycles. The van der Waals surface area contributed by atoms with Crippen LogP contribution in [0.5, 0.6) is 0 Å². The van der Waals surface area contributed by atoms with Gasteiger partial charge in [0.05, 0.1) is 11.5 Å². The number of hydrogen-bond acceptors (Lipinski definition) is 6. The van der Waals surface area contributed by atoms with Crippen molar-refractivity contribution in [2.75, 3.05) is 0 Å². The molecule has 2 unspecified atom stereocenters. The third-order valence-corrected chi connectivity index (χ3v) is 5.41. The minimum atomic E-state index is -0.436. The van der Waals surface area contributed by atoms with Crippen molar-refractivity contribution in [3.63, 3.8) is 0 Å². The van der Waals surface area contributed by atoms with Gasteiger partial charge in [-0.2, -0.15) is 0 Å². The molecular weight excluding hydrogens is 380 g/mol. The fourth-order valence-electron chi connectivity index (χ4n) is 3.37. The van der Waals surface area contributed by atoms with Gasteiger partial charge in [0.25, 0.3) is 5.69 Å². The Bertz CT molecular complexity index is 965. The summed E-state index contributed by atoms with van der Waals surface area (Å²) in [5, 5.41) is 22.5. The van der Waals surface area contributed by atoms with Gasteiger partial charge in [0.2, 0.25) is 11.8 Å². The minimum Gasteiger partial charge on any atom is -0.419 e. The zero-order valence-corrected chi connectivity index (χ0v) is 17.8. The highest BCUT2D eigenvalue weighted by molar-refractivity contribution is 5.55. The molecule has 30 heavy (non-hydrogen) atoms. The zero-order chi connectivity index (χ0) is 21.7. The summed E-state index contributed by atoms with van der Waals surface area (Å²) in [5.74, 6) is 1.77. The van der Waals surface area contributed by atoms with Crippen LogP contribution in [-0.2, 0) is 6.54 Å². The van der Waals surface area contributed by atoms with E-state index in [2.05, 4.69) is 67.5 Å². The predicted octanol–water partition coefficient (Wildman–Crippen LogP) is 5.65. The molecule has 7 nitrogen and oxygen atoms in total. The van der Waals surface area contributed by atoms with E-state index in [4.69, 9.17) is 4.42 Å². The van der Waals surface area contributed by atoms with Gasteiger partial charge in [0.1, 0.15) is 0 Å².